The van der Waals surface area contributed by atoms with E-state index in [1.165, 1.54) is 25.1 Å². The summed E-state index contributed by atoms with van der Waals surface area (Å²) in [5.74, 6) is -2.51. The fourth-order valence-corrected chi connectivity index (χ4v) is 9.39. The van der Waals surface area contributed by atoms with Crippen molar-refractivity contribution < 1.29 is 59.7 Å². The van der Waals surface area contributed by atoms with Crippen LogP contribution in [0.25, 0.3) is 10.8 Å². The van der Waals surface area contributed by atoms with Crippen molar-refractivity contribution >= 4 is 44.6 Å². The van der Waals surface area contributed by atoms with Crippen LogP contribution in [-0.4, -0.2) is 103 Å². The summed E-state index contributed by atoms with van der Waals surface area (Å²) < 4.78 is 91.6. The number of methoxy groups -OCH3 is 1. The number of hydrogen-bond acceptors (Lipinski definition) is 11. The first-order valence-corrected chi connectivity index (χ1v) is 22.2. The van der Waals surface area contributed by atoms with Gasteiger partial charge < -0.3 is 34.5 Å². The number of halogens is 3. The number of nitrogens with one attached hydrogen (secondary N) is 3. The summed E-state index contributed by atoms with van der Waals surface area (Å²) in [5.41, 5.74) is -4.55. The second-order valence-corrected chi connectivity index (χ2v) is 19.6. The number of carbonyl (C=O) groups excluding carboxylic acids is 4. The summed E-state index contributed by atoms with van der Waals surface area (Å²) in [6.45, 7) is 8.62. The molecule has 0 unspecified atom stereocenters. The van der Waals surface area contributed by atoms with E-state index in [0.717, 1.165) is 0 Å². The molecule has 4 aliphatic rings. The van der Waals surface area contributed by atoms with E-state index in [-0.39, 0.29) is 31.2 Å². The van der Waals surface area contributed by atoms with Gasteiger partial charge >= 0.3 is 12.3 Å². The van der Waals surface area contributed by atoms with Gasteiger partial charge in [-0.15, -0.1) is 0 Å². The van der Waals surface area contributed by atoms with Crippen LogP contribution in [0.3, 0.4) is 0 Å². The summed E-state index contributed by atoms with van der Waals surface area (Å²) >= 11 is 0. The molecule has 0 bridgehead atoms. The maximum Gasteiger partial charge on any atom is 0.427 e. The Hall–Kier alpha value is -4.81. The molecule has 336 valence electrons. The highest BCUT2D eigenvalue weighted by Crippen LogP contribution is 2.48. The van der Waals surface area contributed by atoms with Crippen LogP contribution in [-0.2, 0) is 29.1 Å². The summed E-state index contributed by atoms with van der Waals surface area (Å²) in [4.78, 5) is 62.6. The SMILES string of the molecule is CCOc1cnc(O[C@@H]2C[C@H]3C(=O)N[C@]4(C(=O)NS(=O)(=O)C5(C)CC5)C[C@H]4C=CCC[C@H](C)C[C@@H](CC)[C@H](NC(=O)OC(C)(C)C(F)(F)F)C(=O)N3C2)c2ccc(OC)cc12. The zero-order chi connectivity index (χ0) is 44.7. The zero-order valence-electron chi connectivity index (χ0n) is 35.5. The molecule has 2 aromatic rings. The van der Waals surface area contributed by atoms with E-state index in [9.17, 15) is 40.8 Å². The highest BCUT2D eigenvalue weighted by Gasteiger charge is 2.63. The van der Waals surface area contributed by atoms with Crippen LogP contribution in [0.4, 0.5) is 18.0 Å². The van der Waals surface area contributed by atoms with Crippen molar-refractivity contribution in [2.24, 2.45) is 17.8 Å². The molecule has 1 aromatic carbocycles. The van der Waals surface area contributed by atoms with Crippen LogP contribution in [0.5, 0.6) is 17.4 Å². The Kier molecular flexibility index (Phi) is 12.9. The van der Waals surface area contributed by atoms with Gasteiger partial charge in [-0.2, -0.15) is 13.2 Å². The third-order valence-corrected chi connectivity index (χ3v) is 14.7. The van der Waals surface area contributed by atoms with E-state index in [2.05, 4.69) is 20.3 Å². The number of allylic oxidation sites excluding steroid dienone is 1. The minimum atomic E-state index is -4.92. The van der Waals surface area contributed by atoms with Gasteiger partial charge in [0.1, 0.15) is 35.2 Å². The average molecular weight is 880 g/mol. The van der Waals surface area contributed by atoms with Crippen molar-refractivity contribution in [2.75, 3.05) is 20.3 Å². The van der Waals surface area contributed by atoms with Gasteiger partial charge in [-0.3, -0.25) is 19.1 Å². The molecule has 1 aromatic heterocycles. The lowest BCUT2D eigenvalue weighted by molar-refractivity contribution is -0.244. The Morgan fingerprint density at radius 2 is 1.82 bits per heavy atom. The lowest BCUT2D eigenvalue weighted by Crippen LogP contribution is -2.60. The first-order chi connectivity index (χ1) is 28.6. The van der Waals surface area contributed by atoms with Crippen molar-refractivity contribution in [2.45, 2.75) is 133 Å². The molecule has 0 spiro atoms. The highest BCUT2D eigenvalue weighted by atomic mass is 32.2. The number of carbonyl (C=O) groups is 4. The number of pyridine rings is 1. The van der Waals surface area contributed by atoms with Crippen molar-refractivity contribution in [1.82, 2.24) is 25.2 Å². The van der Waals surface area contributed by atoms with Gasteiger partial charge in [-0.25, -0.2) is 18.2 Å². The van der Waals surface area contributed by atoms with Crippen LogP contribution >= 0.6 is 0 Å². The summed E-state index contributed by atoms with van der Waals surface area (Å²) in [6, 6.07) is 2.40. The lowest BCUT2D eigenvalue weighted by atomic mass is 9.85. The standard InChI is InChI=1S/C42H56F3N5O10S/c1-8-25-18-24(3)12-10-11-13-26-21-41(26,37(53)49-61(55,56)40(6)16-17-40)48-34(51)31-20-28(23-50(31)36(52)33(25)47-38(54)60-39(4,5)42(43,44)45)59-35-29-15-14-27(57-7)19-30(29)32(22-46-35)58-9-2/h11,13-15,19,22,24-26,28,31,33H,8-10,12,16-18,20-21,23H2,1-7H3,(H,47,54)(H,48,51)(H,49,53)/t24-,25+,26+,28+,31-,33-,41+/m0/s1. The number of ether oxygens (including phenoxy) is 4. The van der Waals surface area contributed by atoms with Crippen molar-refractivity contribution in [3.8, 4) is 17.4 Å². The predicted molar refractivity (Wildman–Crippen MR) is 217 cm³/mol. The molecule has 6 rings (SSSR count). The number of hydrogen-bond donors (Lipinski definition) is 3. The highest BCUT2D eigenvalue weighted by molar-refractivity contribution is 7.91. The Morgan fingerprint density at radius 3 is 2.46 bits per heavy atom. The first kappa shape index (κ1) is 45.7. The fraction of sp³-hybridized carbons (Fsp3) is 0.643. The van der Waals surface area contributed by atoms with Gasteiger partial charge in [0.05, 0.1) is 31.2 Å². The molecule has 15 nitrogen and oxygen atoms in total. The van der Waals surface area contributed by atoms with Crippen LogP contribution in [0.1, 0.15) is 92.9 Å². The van der Waals surface area contributed by atoms with Crippen molar-refractivity contribution in [3.05, 3.63) is 36.5 Å². The molecule has 3 fully saturated rings. The fourth-order valence-electron chi connectivity index (χ4n) is 8.08. The molecule has 2 aliphatic carbocycles. The molecule has 3 N–H and O–H groups in total. The van der Waals surface area contributed by atoms with Gasteiger partial charge in [0.15, 0.2) is 0 Å². The van der Waals surface area contributed by atoms with Gasteiger partial charge in [0, 0.05) is 23.1 Å². The van der Waals surface area contributed by atoms with E-state index in [4.69, 9.17) is 18.9 Å². The number of benzene rings is 1. The predicted octanol–water partition coefficient (Wildman–Crippen LogP) is 5.70. The Morgan fingerprint density at radius 1 is 1.10 bits per heavy atom. The number of nitrogens with zero attached hydrogens (tertiary/aromatic N) is 2. The molecular weight excluding hydrogens is 824 g/mol. The molecule has 3 heterocycles. The van der Waals surface area contributed by atoms with E-state index >= 15 is 0 Å². The number of fused-ring (bicyclic) bond motifs is 3. The molecule has 1 saturated heterocycles. The van der Waals surface area contributed by atoms with Gasteiger partial charge in [0.25, 0.3) is 5.91 Å². The number of aromatic nitrogens is 1. The summed E-state index contributed by atoms with van der Waals surface area (Å²) in [7, 11) is -2.57. The normalized spacial score (nSPS) is 28.0. The van der Waals surface area contributed by atoms with E-state index in [1.807, 2.05) is 19.9 Å². The third-order valence-electron chi connectivity index (χ3n) is 12.5. The Labute approximate surface area is 353 Å². The van der Waals surface area contributed by atoms with E-state index in [1.54, 1.807) is 31.2 Å². The maximum atomic E-state index is 15.0. The van der Waals surface area contributed by atoms with Crippen LogP contribution < -0.4 is 29.6 Å². The molecular formula is C42H56F3N5O10S. The summed E-state index contributed by atoms with van der Waals surface area (Å²) in [6.07, 6.45) is 0.412. The molecule has 2 saturated carbocycles. The number of alkyl carbamates (subject to hydrolysis) is 1. The second kappa shape index (κ2) is 17.2. The van der Waals surface area contributed by atoms with Crippen molar-refractivity contribution in [3.63, 3.8) is 0 Å². The molecule has 7 atom stereocenters. The number of amides is 4. The van der Waals surface area contributed by atoms with E-state index in [0.29, 0.717) is 81.3 Å². The molecule has 19 heteroatoms. The molecule has 2 aliphatic heterocycles. The van der Waals surface area contributed by atoms with E-state index < -0.39 is 85.9 Å². The van der Waals surface area contributed by atoms with Gasteiger partial charge in [0.2, 0.25) is 33.3 Å². The molecule has 0 radical (unpaired) electrons. The zero-order valence-corrected chi connectivity index (χ0v) is 36.3. The Bertz CT molecular complexity index is 2160. The number of alkyl halides is 3. The number of rotatable bonds is 11. The average Bonchev–Trinajstić information content (AvgIpc) is 4.07. The number of sulfonamides is 1. The quantitative estimate of drug-likeness (QED) is 0.235. The minimum absolute atomic E-state index is 0.0426. The maximum absolute atomic E-state index is 15.0. The topological polar surface area (TPSA) is 192 Å². The third kappa shape index (κ3) is 9.50. The Balaban J connectivity index is 1.38. The molecule has 61 heavy (non-hydrogen) atoms. The molecule has 4 amide bonds. The summed E-state index contributed by atoms with van der Waals surface area (Å²) in [5, 5.41) is 6.40. The first-order valence-electron chi connectivity index (χ1n) is 20.8. The largest absolute Gasteiger partial charge is 0.497 e. The monoisotopic (exact) mass is 879 g/mol. The lowest BCUT2D eigenvalue weighted by Gasteiger charge is -2.35. The van der Waals surface area contributed by atoms with Crippen LogP contribution in [0, 0.1) is 17.8 Å². The van der Waals surface area contributed by atoms with Gasteiger partial charge in [-0.05, 0) is 96.3 Å². The van der Waals surface area contributed by atoms with Crippen LogP contribution in [0.15, 0.2) is 36.5 Å². The second-order valence-electron chi connectivity index (χ2n) is 17.4. The van der Waals surface area contributed by atoms with Gasteiger partial charge in [-0.1, -0.05) is 32.4 Å². The van der Waals surface area contributed by atoms with Crippen molar-refractivity contribution in [1.29, 1.82) is 0 Å². The minimum Gasteiger partial charge on any atom is -0.497 e. The smallest absolute Gasteiger partial charge is 0.427 e. The van der Waals surface area contributed by atoms with Crippen LogP contribution in [0.2, 0.25) is 0 Å².